The number of aliphatic imine (C=N–C) groups is 1. The second-order valence-electron chi connectivity index (χ2n) is 6.89. The Kier molecular flexibility index (Phi) is 9.43. The summed E-state index contributed by atoms with van der Waals surface area (Å²) in [7, 11) is 4.01. The smallest absolute Gasteiger partial charge is 0.231 e. The summed E-state index contributed by atoms with van der Waals surface area (Å²) in [4.78, 5) is 9.28. The third kappa shape index (κ3) is 7.00. The van der Waals surface area contributed by atoms with Crippen LogP contribution in [0.3, 0.4) is 0 Å². The number of halogens is 1. The summed E-state index contributed by atoms with van der Waals surface area (Å²) >= 11 is 0. The van der Waals surface area contributed by atoms with Gasteiger partial charge in [0.2, 0.25) is 6.79 Å². The van der Waals surface area contributed by atoms with Crippen molar-refractivity contribution in [2.75, 3.05) is 60.2 Å². The van der Waals surface area contributed by atoms with E-state index < -0.39 is 0 Å². The molecule has 0 unspecified atom stereocenters. The molecule has 3 rings (SSSR count). The minimum Gasteiger partial charge on any atom is -0.454 e. The average molecular weight is 489 g/mol. The predicted octanol–water partition coefficient (Wildman–Crippen LogP) is 1.73. The van der Waals surface area contributed by atoms with Gasteiger partial charge in [-0.05, 0) is 57.2 Å². The first-order valence-corrected chi connectivity index (χ1v) is 9.48. The molecule has 2 heterocycles. The number of guanidine groups is 1. The highest BCUT2D eigenvalue weighted by Crippen LogP contribution is 2.32. The van der Waals surface area contributed by atoms with Gasteiger partial charge in [0.1, 0.15) is 0 Å². The summed E-state index contributed by atoms with van der Waals surface area (Å²) in [6.45, 7) is 7.84. The molecular weight excluding hydrogens is 457 g/mol. The zero-order chi connectivity index (χ0) is 18.2. The summed E-state index contributed by atoms with van der Waals surface area (Å²) in [6, 6.07) is 6.01. The number of hydrogen-bond acceptors (Lipinski definition) is 5. The number of hydrogen-bond donors (Lipinski definition) is 2. The van der Waals surface area contributed by atoms with Crippen molar-refractivity contribution < 1.29 is 9.47 Å². The Balaban J connectivity index is 0.00000261. The van der Waals surface area contributed by atoms with Gasteiger partial charge in [-0.25, -0.2) is 0 Å². The average Bonchev–Trinajstić information content (AvgIpc) is 3.02. The van der Waals surface area contributed by atoms with Crippen LogP contribution in [0.4, 0.5) is 0 Å². The lowest BCUT2D eigenvalue weighted by molar-refractivity contribution is 0.174. The van der Waals surface area contributed by atoms with E-state index in [0.717, 1.165) is 42.5 Å². The Bertz CT molecular complexity index is 614. The molecule has 7 nitrogen and oxygen atoms in total. The first-order chi connectivity index (χ1) is 12.7. The third-order valence-electron chi connectivity index (χ3n) is 4.88. The van der Waals surface area contributed by atoms with Crippen molar-refractivity contribution in [3.8, 4) is 11.5 Å². The number of nitrogens with zero attached hydrogens (tertiary/aromatic N) is 3. The Morgan fingerprint density at radius 1 is 1.11 bits per heavy atom. The number of rotatable bonds is 6. The van der Waals surface area contributed by atoms with E-state index in [4.69, 9.17) is 9.47 Å². The van der Waals surface area contributed by atoms with Gasteiger partial charge in [-0.1, -0.05) is 6.07 Å². The summed E-state index contributed by atoms with van der Waals surface area (Å²) in [5.41, 5.74) is 1.14. The molecule has 0 aliphatic carbocycles. The maximum Gasteiger partial charge on any atom is 0.231 e. The third-order valence-corrected chi connectivity index (χ3v) is 4.88. The lowest BCUT2D eigenvalue weighted by atomic mass is 10.2. The minimum atomic E-state index is 0. The van der Waals surface area contributed by atoms with Crippen molar-refractivity contribution in [2.45, 2.75) is 19.4 Å². The van der Waals surface area contributed by atoms with E-state index in [1.165, 1.54) is 32.6 Å². The van der Waals surface area contributed by atoms with Crippen molar-refractivity contribution in [1.82, 2.24) is 20.4 Å². The van der Waals surface area contributed by atoms with E-state index in [1.807, 2.05) is 18.2 Å². The SMILES string of the molecule is CN=C(NCCCN1CCCN(C)CC1)NCc1ccc2c(c1)OCO2.I. The fourth-order valence-electron chi connectivity index (χ4n) is 3.29. The maximum atomic E-state index is 5.42. The Morgan fingerprint density at radius 2 is 1.96 bits per heavy atom. The zero-order valence-electron chi connectivity index (χ0n) is 16.4. The molecule has 0 spiro atoms. The molecular formula is C19H32IN5O2. The van der Waals surface area contributed by atoms with Crippen molar-refractivity contribution >= 4 is 29.9 Å². The van der Waals surface area contributed by atoms with Crippen LogP contribution in [0.1, 0.15) is 18.4 Å². The molecule has 0 bridgehead atoms. The van der Waals surface area contributed by atoms with E-state index in [-0.39, 0.29) is 24.0 Å². The van der Waals surface area contributed by atoms with Gasteiger partial charge in [0.25, 0.3) is 0 Å². The van der Waals surface area contributed by atoms with Crippen molar-refractivity contribution in [2.24, 2.45) is 4.99 Å². The molecule has 0 radical (unpaired) electrons. The molecule has 2 N–H and O–H groups in total. The van der Waals surface area contributed by atoms with Crippen LogP contribution in [-0.4, -0.2) is 75.9 Å². The number of benzene rings is 1. The van der Waals surface area contributed by atoms with E-state index in [1.54, 1.807) is 7.05 Å². The van der Waals surface area contributed by atoms with E-state index in [0.29, 0.717) is 13.3 Å². The molecule has 0 aromatic heterocycles. The van der Waals surface area contributed by atoms with Crippen molar-refractivity contribution in [3.63, 3.8) is 0 Å². The van der Waals surface area contributed by atoms with Crippen LogP contribution < -0.4 is 20.1 Å². The Labute approximate surface area is 179 Å². The zero-order valence-corrected chi connectivity index (χ0v) is 18.7. The van der Waals surface area contributed by atoms with Crippen LogP contribution in [0, 0.1) is 0 Å². The van der Waals surface area contributed by atoms with Gasteiger partial charge in [0.05, 0.1) is 0 Å². The number of ether oxygens (including phenoxy) is 2. The molecule has 8 heteroatoms. The van der Waals surface area contributed by atoms with Gasteiger partial charge < -0.3 is 29.9 Å². The molecule has 0 atom stereocenters. The molecule has 1 aromatic rings. The van der Waals surface area contributed by atoms with Crippen LogP contribution in [0.15, 0.2) is 23.2 Å². The Hall–Kier alpha value is -1.26. The van der Waals surface area contributed by atoms with Crippen LogP contribution in [0.5, 0.6) is 11.5 Å². The standard InChI is InChI=1S/C19H31N5O2.HI/c1-20-19(21-7-3-9-24-10-4-8-23(2)11-12-24)22-14-16-5-6-17-18(13-16)26-15-25-17;/h5-6,13H,3-4,7-12,14-15H2,1-2H3,(H2,20,21,22);1H. The molecule has 1 fully saturated rings. The second kappa shape index (κ2) is 11.6. The number of fused-ring (bicyclic) bond motifs is 1. The first-order valence-electron chi connectivity index (χ1n) is 9.48. The van der Waals surface area contributed by atoms with Crippen LogP contribution in [0.25, 0.3) is 0 Å². The number of likely N-dealkylation sites (N-methyl/N-ethyl adjacent to an activating group) is 1. The summed E-state index contributed by atoms with van der Waals surface area (Å²) < 4.78 is 10.8. The maximum absolute atomic E-state index is 5.42. The molecule has 2 aliphatic heterocycles. The summed E-state index contributed by atoms with van der Waals surface area (Å²) in [6.07, 6.45) is 2.39. The molecule has 1 aromatic carbocycles. The van der Waals surface area contributed by atoms with E-state index in [2.05, 4.69) is 32.5 Å². The topological polar surface area (TPSA) is 61.4 Å². The van der Waals surface area contributed by atoms with Gasteiger partial charge in [-0.15, -0.1) is 24.0 Å². The van der Waals surface area contributed by atoms with Crippen LogP contribution in [-0.2, 0) is 6.54 Å². The molecule has 0 amide bonds. The highest BCUT2D eigenvalue weighted by molar-refractivity contribution is 14.0. The first kappa shape index (κ1) is 22.0. The quantitative estimate of drug-likeness (QED) is 0.275. The predicted molar refractivity (Wildman–Crippen MR) is 119 cm³/mol. The largest absolute Gasteiger partial charge is 0.454 e. The fourth-order valence-corrected chi connectivity index (χ4v) is 3.29. The fraction of sp³-hybridized carbons (Fsp3) is 0.632. The highest BCUT2D eigenvalue weighted by atomic mass is 127. The minimum absolute atomic E-state index is 0. The van der Waals surface area contributed by atoms with Crippen molar-refractivity contribution in [1.29, 1.82) is 0 Å². The highest BCUT2D eigenvalue weighted by Gasteiger charge is 2.13. The van der Waals surface area contributed by atoms with Gasteiger partial charge >= 0.3 is 0 Å². The monoisotopic (exact) mass is 489 g/mol. The molecule has 27 heavy (non-hydrogen) atoms. The lowest BCUT2D eigenvalue weighted by Gasteiger charge is -2.20. The van der Waals surface area contributed by atoms with E-state index in [9.17, 15) is 0 Å². The molecule has 1 saturated heterocycles. The molecule has 152 valence electrons. The van der Waals surface area contributed by atoms with E-state index >= 15 is 0 Å². The summed E-state index contributed by atoms with van der Waals surface area (Å²) in [5.74, 6) is 2.46. The Morgan fingerprint density at radius 3 is 2.81 bits per heavy atom. The number of nitrogens with one attached hydrogen (secondary N) is 2. The second-order valence-corrected chi connectivity index (χ2v) is 6.89. The lowest BCUT2D eigenvalue weighted by Crippen LogP contribution is -2.38. The van der Waals surface area contributed by atoms with Gasteiger partial charge in [0.15, 0.2) is 17.5 Å². The van der Waals surface area contributed by atoms with Gasteiger partial charge in [-0.2, -0.15) is 0 Å². The van der Waals surface area contributed by atoms with Crippen LogP contribution in [0.2, 0.25) is 0 Å². The summed E-state index contributed by atoms with van der Waals surface area (Å²) in [5, 5.41) is 6.76. The van der Waals surface area contributed by atoms with Crippen LogP contribution >= 0.6 is 24.0 Å². The normalized spacial score (nSPS) is 17.9. The van der Waals surface area contributed by atoms with Crippen molar-refractivity contribution in [3.05, 3.63) is 23.8 Å². The van der Waals surface area contributed by atoms with Gasteiger partial charge in [0, 0.05) is 33.2 Å². The molecule has 2 aliphatic rings. The molecule has 0 saturated carbocycles. The van der Waals surface area contributed by atoms with Gasteiger partial charge in [-0.3, -0.25) is 4.99 Å².